The van der Waals surface area contributed by atoms with Crippen LogP contribution in [-0.2, 0) is 0 Å². The molecule has 0 spiro atoms. The van der Waals surface area contributed by atoms with Crippen LogP contribution >= 0.6 is 15.9 Å². The lowest BCUT2D eigenvalue weighted by Gasteiger charge is -2.05. The highest BCUT2D eigenvalue weighted by molar-refractivity contribution is 9.10. The van der Waals surface area contributed by atoms with Gasteiger partial charge in [0, 0.05) is 5.56 Å². The van der Waals surface area contributed by atoms with Crippen LogP contribution in [0.1, 0.15) is 15.9 Å². The lowest BCUT2D eigenvalue weighted by atomic mass is 10.0. The monoisotopic (exact) mass is 296 g/mol. The fourth-order valence-corrected chi connectivity index (χ4v) is 1.91. The van der Waals surface area contributed by atoms with E-state index in [0.717, 1.165) is 0 Å². The van der Waals surface area contributed by atoms with Gasteiger partial charge in [-0.05, 0) is 40.2 Å². The molecule has 0 unspecified atom stereocenters. The van der Waals surface area contributed by atoms with E-state index in [4.69, 9.17) is 0 Å². The molecule has 2 aromatic carbocycles. The van der Waals surface area contributed by atoms with Gasteiger partial charge in [0.2, 0.25) is 0 Å². The summed E-state index contributed by atoms with van der Waals surface area (Å²) in [6, 6.07) is 9.70. The second-order valence-corrected chi connectivity index (χ2v) is 4.20. The fourth-order valence-electron chi connectivity index (χ4n) is 1.47. The van der Waals surface area contributed by atoms with Crippen LogP contribution in [0, 0.1) is 11.6 Å². The number of rotatable bonds is 2. The third-order valence-electron chi connectivity index (χ3n) is 2.31. The number of halogens is 3. The minimum absolute atomic E-state index is 0.0493. The Hall–Kier alpha value is -1.55. The Bertz CT molecular complexity index is 581. The highest BCUT2D eigenvalue weighted by Crippen LogP contribution is 2.23. The van der Waals surface area contributed by atoms with Gasteiger partial charge < -0.3 is 0 Å². The van der Waals surface area contributed by atoms with Gasteiger partial charge in [-0.2, -0.15) is 0 Å². The van der Waals surface area contributed by atoms with Gasteiger partial charge in [0.15, 0.2) is 5.78 Å². The first-order valence-electron chi connectivity index (χ1n) is 4.84. The van der Waals surface area contributed by atoms with Crippen molar-refractivity contribution in [3.05, 3.63) is 69.7 Å². The molecule has 2 aromatic rings. The maximum atomic E-state index is 13.4. The largest absolute Gasteiger partial charge is 0.288 e. The van der Waals surface area contributed by atoms with Crippen molar-refractivity contribution in [2.24, 2.45) is 0 Å². The highest BCUT2D eigenvalue weighted by Gasteiger charge is 2.17. The van der Waals surface area contributed by atoms with Gasteiger partial charge in [0.25, 0.3) is 0 Å². The molecule has 0 saturated carbocycles. The summed E-state index contributed by atoms with van der Waals surface area (Å²) in [6.45, 7) is 0. The second-order valence-electron chi connectivity index (χ2n) is 3.41. The lowest BCUT2D eigenvalue weighted by molar-refractivity contribution is 0.103. The molecular weight excluding hydrogens is 290 g/mol. The average molecular weight is 297 g/mol. The van der Waals surface area contributed by atoms with E-state index >= 15 is 0 Å². The molecule has 2 rings (SSSR count). The average Bonchev–Trinajstić information content (AvgIpc) is 2.32. The van der Waals surface area contributed by atoms with Crippen molar-refractivity contribution >= 4 is 21.7 Å². The Morgan fingerprint density at radius 3 is 2.18 bits per heavy atom. The molecular formula is C13H7BrF2O. The van der Waals surface area contributed by atoms with Crippen LogP contribution in [0.2, 0.25) is 0 Å². The van der Waals surface area contributed by atoms with Crippen LogP contribution in [0.25, 0.3) is 0 Å². The Balaban J connectivity index is 2.52. The molecule has 0 heterocycles. The number of carbonyl (C=O) groups is 1. The number of ketones is 1. The molecule has 0 atom stereocenters. The summed E-state index contributed by atoms with van der Waals surface area (Å²) in [5.41, 5.74) is 0.0360. The van der Waals surface area contributed by atoms with Gasteiger partial charge in [-0.25, -0.2) is 8.78 Å². The van der Waals surface area contributed by atoms with E-state index in [1.807, 2.05) is 0 Å². The Morgan fingerprint density at radius 1 is 0.882 bits per heavy atom. The molecule has 17 heavy (non-hydrogen) atoms. The van der Waals surface area contributed by atoms with Gasteiger partial charge >= 0.3 is 0 Å². The van der Waals surface area contributed by atoms with Gasteiger partial charge in [-0.1, -0.05) is 18.2 Å². The maximum Gasteiger partial charge on any atom is 0.197 e. The maximum absolute atomic E-state index is 13.4. The number of benzene rings is 2. The topological polar surface area (TPSA) is 17.1 Å². The number of hydrogen-bond donors (Lipinski definition) is 0. The van der Waals surface area contributed by atoms with E-state index in [0.29, 0.717) is 0 Å². The molecule has 0 fully saturated rings. The first-order chi connectivity index (χ1) is 8.11. The zero-order valence-electron chi connectivity index (χ0n) is 8.58. The van der Waals surface area contributed by atoms with Crippen molar-refractivity contribution in [2.75, 3.05) is 0 Å². The Kier molecular flexibility index (Phi) is 3.33. The Labute approximate surface area is 105 Å². The van der Waals surface area contributed by atoms with E-state index in [-0.39, 0.29) is 15.6 Å². The molecule has 0 aliphatic carbocycles. The molecule has 0 aliphatic heterocycles. The molecule has 0 aromatic heterocycles. The predicted octanol–water partition coefficient (Wildman–Crippen LogP) is 3.96. The molecule has 0 amide bonds. The zero-order chi connectivity index (χ0) is 12.4. The highest BCUT2D eigenvalue weighted by atomic mass is 79.9. The van der Waals surface area contributed by atoms with Crippen molar-refractivity contribution in [2.45, 2.75) is 0 Å². The van der Waals surface area contributed by atoms with Crippen LogP contribution in [0.15, 0.2) is 46.9 Å². The van der Waals surface area contributed by atoms with E-state index < -0.39 is 17.4 Å². The van der Waals surface area contributed by atoms with E-state index in [1.165, 1.54) is 36.4 Å². The summed E-state index contributed by atoms with van der Waals surface area (Å²) in [5.74, 6) is -1.71. The van der Waals surface area contributed by atoms with Crippen molar-refractivity contribution in [1.82, 2.24) is 0 Å². The number of hydrogen-bond acceptors (Lipinski definition) is 1. The smallest absolute Gasteiger partial charge is 0.197 e. The van der Waals surface area contributed by atoms with Gasteiger partial charge in [0.1, 0.15) is 11.6 Å². The minimum atomic E-state index is -0.617. The Morgan fingerprint density at radius 2 is 1.47 bits per heavy atom. The van der Waals surface area contributed by atoms with Crippen LogP contribution < -0.4 is 0 Å². The summed E-state index contributed by atoms with van der Waals surface area (Å²) in [6.07, 6.45) is 0. The van der Waals surface area contributed by atoms with Crippen molar-refractivity contribution < 1.29 is 13.6 Å². The van der Waals surface area contributed by atoms with Gasteiger partial charge in [0.05, 0.1) is 10.0 Å². The van der Waals surface area contributed by atoms with Gasteiger partial charge in [-0.3, -0.25) is 4.79 Å². The zero-order valence-corrected chi connectivity index (χ0v) is 10.2. The third-order valence-corrected chi connectivity index (χ3v) is 3.12. The molecule has 0 radical (unpaired) electrons. The molecule has 0 aliphatic rings. The van der Waals surface area contributed by atoms with Crippen LogP contribution in [0.4, 0.5) is 8.78 Å². The summed E-state index contributed by atoms with van der Waals surface area (Å²) in [7, 11) is 0. The van der Waals surface area contributed by atoms with Crippen molar-refractivity contribution in [3.8, 4) is 0 Å². The van der Waals surface area contributed by atoms with E-state index in [9.17, 15) is 13.6 Å². The van der Waals surface area contributed by atoms with Crippen LogP contribution in [0.3, 0.4) is 0 Å². The molecule has 0 saturated heterocycles. The standard InChI is InChI=1S/C13H7BrF2O/c14-12-9(5-3-7-11(12)16)13(17)8-4-1-2-6-10(8)15/h1-7H. The van der Waals surface area contributed by atoms with Crippen LogP contribution in [0.5, 0.6) is 0 Å². The molecule has 86 valence electrons. The molecule has 1 nitrogen and oxygen atoms in total. The molecule has 0 N–H and O–H groups in total. The van der Waals surface area contributed by atoms with Crippen molar-refractivity contribution in [1.29, 1.82) is 0 Å². The summed E-state index contributed by atoms with van der Waals surface area (Å²) in [5, 5.41) is 0. The first-order valence-corrected chi connectivity index (χ1v) is 5.64. The summed E-state index contributed by atoms with van der Waals surface area (Å²) in [4.78, 5) is 12.0. The van der Waals surface area contributed by atoms with E-state index in [2.05, 4.69) is 15.9 Å². The number of carbonyl (C=O) groups excluding carboxylic acids is 1. The summed E-state index contributed by atoms with van der Waals surface area (Å²) < 4.78 is 26.7. The quantitative estimate of drug-likeness (QED) is 0.767. The predicted molar refractivity (Wildman–Crippen MR) is 63.9 cm³/mol. The SMILES string of the molecule is O=C(c1ccccc1F)c1cccc(F)c1Br. The minimum Gasteiger partial charge on any atom is -0.288 e. The molecule has 4 heteroatoms. The normalized spacial score (nSPS) is 10.3. The van der Waals surface area contributed by atoms with Gasteiger partial charge in [-0.15, -0.1) is 0 Å². The molecule has 0 bridgehead atoms. The fraction of sp³-hybridized carbons (Fsp3) is 0. The van der Waals surface area contributed by atoms with E-state index in [1.54, 1.807) is 6.07 Å². The third kappa shape index (κ3) is 2.26. The van der Waals surface area contributed by atoms with Crippen LogP contribution in [-0.4, -0.2) is 5.78 Å². The second kappa shape index (κ2) is 4.75. The lowest BCUT2D eigenvalue weighted by Crippen LogP contribution is -2.05. The van der Waals surface area contributed by atoms with Crippen molar-refractivity contribution in [3.63, 3.8) is 0 Å². The summed E-state index contributed by atoms with van der Waals surface area (Å²) >= 11 is 2.98. The first kappa shape index (κ1) is 11.9.